The minimum absolute atomic E-state index is 0.653. The maximum Gasteiger partial charge on any atom is 0.191 e. The number of nitrogens with zero attached hydrogens (tertiary/aromatic N) is 2. The SMILES string of the molecule is CCNC(=NCc1cccc(OC)c1)NCCCCN1CCCC1. The number of hydrogen-bond donors (Lipinski definition) is 2. The second kappa shape index (κ2) is 10.9. The van der Waals surface area contributed by atoms with E-state index in [1.54, 1.807) is 7.11 Å². The second-order valence-corrected chi connectivity index (χ2v) is 6.23. The van der Waals surface area contributed by atoms with Crippen molar-refractivity contribution in [3.05, 3.63) is 29.8 Å². The molecule has 0 aromatic heterocycles. The first kappa shape index (κ1) is 18.6. The molecule has 24 heavy (non-hydrogen) atoms. The molecule has 0 unspecified atom stereocenters. The van der Waals surface area contributed by atoms with Gasteiger partial charge in [-0.2, -0.15) is 0 Å². The van der Waals surface area contributed by atoms with Gasteiger partial charge in [0.1, 0.15) is 5.75 Å². The van der Waals surface area contributed by atoms with Gasteiger partial charge in [-0.1, -0.05) is 12.1 Å². The molecule has 1 aliphatic rings. The van der Waals surface area contributed by atoms with Gasteiger partial charge in [0.15, 0.2) is 5.96 Å². The number of aliphatic imine (C=N–C) groups is 1. The summed E-state index contributed by atoms with van der Waals surface area (Å²) in [5.41, 5.74) is 1.15. The van der Waals surface area contributed by atoms with Crippen molar-refractivity contribution >= 4 is 5.96 Å². The Morgan fingerprint density at radius 3 is 2.79 bits per heavy atom. The summed E-state index contributed by atoms with van der Waals surface area (Å²) in [6.45, 7) is 8.40. The van der Waals surface area contributed by atoms with Gasteiger partial charge in [-0.05, 0) is 69.9 Å². The van der Waals surface area contributed by atoms with Crippen LogP contribution < -0.4 is 15.4 Å². The number of likely N-dealkylation sites (tertiary alicyclic amines) is 1. The predicted octanol–water partition coefficient (Wildman–Crippen LogP) is 2.63. The van der Waals surface area contributed by atoms with Gasteiger partial charge in [0, 0.05) is 13.1 Å². The van der Waals surface area contributed by atoms with E-state index >= 15 is 0 Å². The summed E-state index contributed by atoms with van der Waals surface area (Å²) in [4.78, 5) is 7.23. The van der Waals surface area contributed by atoms with Crippen LogP contribution in [0, 0.1) is 0 Å². The highest BCUT2D eigenvalue weighted by Crippen LogP contribution is 2.13. The topological polar surface area (TPSA) is 48.9 Å². The zero-order valence-corrected chi connectivity index (χ0v) is 15.2. The summed E-state index contributed by atoms with van der Waals surface area (Å²) >= 11 is 0. The number of ether oxygens (including phenoxy) is 1. The lowest BCUT2D eigenvalue weighted by Gasteiger charge is -2.15. The molecule has 0 aliphatic carbocycles. The summed E-state index contributed by atoms with van der Waals surface area (Å²) in [7, 11) is 1.69. The van der Waals surface area contributed by atoms with E-state index in [2.05, 4.69) is 33.5 Å². The monoisotopic (exact) mass is 332 g/mol. The van der Waals surface area contributed by atoms with Gasteiger partial charge in [0.25, 0.3) is 0 Å². The molecule has 1 aliphatic heterocycles. The van der Waals surface area contributed by atoms with E-state index in [1.165, 1.54) is 45.3 Å². The van der Waals surface area contributed by atoms with Crippen LogP contribution in [0.25, 0.3) is 0 Å². The lowest BCUT2D eigenvalue weighted by molar-refractivity contribution is 0.330. The van der Waals surface area contributed by atoms with Crippen molar-refractivity contribution in [3.63, 3.8) is 0 Å². The van der Waals surface area contributed by atoms with Gasteiger partial charge < -0.3 is 20.3 Å². The van der Waals surface area contributed by atoms with Gasteiger partial charge in [0.2, 0.25) is 0 Å². The van der Waals surface area contributed by atoms with Crippen LogP contribution in [0.1, 0.15) is 38.2 Å². The number of nitrogens with one attached hydrogen (secondary N) is 2. The van der Waals surface area contributed by atoms with Crippen molar-refractivity contribution in [2.24, 2.45) is 4.99 Å². The molecule has 0 saturated carbocycles. The van der Waals surface area contributed by atoms with E-state index in [4.69, 9.17) is 4.74 Å². The van der Waals surface area contributed by atoms with Gasteiger partial charge in [0.05, 0.1) is 13.7 Å². The fourth-order valence-corrected chi connectivity index (χ4v) is 2.96. The van der Waals surface area contributed by atoms with Crippen LogP contribution in [0.5, 0.6) is 5.75 Å². The van der Waals surface area contributed by atoms with Gasteiger partial charge in [-0.3, -0.25) is 0 Å². The van der Waals surface area contributed by atoms with Gasteiger partial charge in [-0.15, -0.1) is 0 Å². The third-order valence-corrected chi connectivity index (χ3v) is 4.29. The Labute approximate surface area is 146 Å². The minimum Gasteiger partial charge on any atom is -0.497 e. The van der Waals surface area contributed by atoms with E-state index in [-0.39, 0.29) is 0 Å². The van der Waals surface area contributed by atoms with Crippen molar-refractivity contribution in [2.75, 3.05) is 39.8 Å². The summed E-state index contributed by atoms with van der Waals surface area (Å²) in [5, 5.41) is 6.74. The highest BCUT2D eigenvalue weighted by molar-refractivity contribution is 5.79. The number of unbranched alkanes of at least 4 members (excludes halogenated alkanes) is 1. The molecule has 1 fully saturated rings. The van der Waals surface area contributed by atoms with Crippen molar-refractivity contribution < 1.29 is 4.74 Å². The van der Waals surface area contributed by atoms with Gasteiger partial charge >= 0.3 is 0 Å². The van der Waals surface area contributed by atoms with Gasteiger partial charge in [-0.25, -0.2) is 4.99 Å². The van der Waals surface area contributed by atoms with E-state index in [1.807, 2.05) is 18.2 Å². The Kier molecular flexibility index (Phi) is 8.46. The zero-order valence-electron chi connectivity index (χ0n) is 15.2. The summed E-state index contributed by atoms with van der Waals surface area (Å²) in [5.74, 6) is 1.77. The zero-order chi connectivity index (χ0) is 17.0. The molecule has 134 valence electrons. The third-order valence-electron chi connectivity index (χ3n) is 4.29. The lowest BCUT2D eigenvalue weighted by Crippen LogP contribution is -2.38. The largest absolute Gasteiger partial charge is 0.497 e. The Bertz CT molecular complexity index is 498. The molecule has 1 saturated heterocycles. The van der Waals surface area contributed by atoms with Crippen molar-refractivity contribution in [3.8, 4) is 5.75 Å². The van der Waals surface area contributed by atoms with Crippen molar-refractivity contribution in [1.82, 2.24) is 15.5 Å². The average molecular weight is 332 g/mol. The maximum atomic E-state index is 5.26. The summed E-state index contributed by atoms with van der Waals surface area (Å²) in [6.07, 6.45) is 5.18. The van der Waals surface area contributed by atoms with Crippen LogP contribution in [0.15, 0.2) is 29.3 Å². The molecule has 0 bridgehead atoms. The number of guanidine groups is 1. The fourth-order valence-electron chi connectivity index (χ4n) is 2.96. The molecule has 1 aromatic rings. The molecule has 0 spiro atoms. The first-order valence-electron chi connectivity index (χ1n) is 9.19. The Balaban J connectivity index is 1.71. The Hall–Kier alpha value is -1.75. The van der Waals surface area contributed by atoms with Crippen molar-refractivity contribution in [2.45, 2.75) is 39.2 Å². The number of benzene rings is 1. The molecule has 2 rings (SSSR count). The van der Waals surface area contributed by atoms with Crippen LogP contribution in [-0.4, -0.2) is 50.7 Å². The molecule has 0 atom stereocenters. The first-order chi connectivity index (χ1) is 11.8. The van der Waals surface area contributed by atoms with Crippen LogP contribution in [0.2, 0.25) is 0 Å². The van der Waals surface area contributed by atoms with E-state index in [0.717, 1.165) is 30.4 Å². The first-order valence-corrected chi connectivity index (χ1v) is 9.19. The minimum atomic E-state index is 0.653. The quantitative estimate of drug-likeness (QED) is 0.415. The van der Waals surface area contributed by atoms with Crippen LogP contribution in [-0.2, 0) is 6.54 Å². The van der Waals surface area contributed by atoms with E-state index in [9.17, 15) is 0 Å². The number of hydrogen-bond acceptors (Lipinski definition) is 3. The maximum absolute atomic E-state index is 5.26. The fraction of sp³-hybridized carbons (Fsp3) is 0.632. The molecule has 5 heteroatoms. The Morgan fingerprint density at radius 1 is 1.21 bits per heavy atom. The average Bonchev–Trinajstić information content (AvgIpc) is 3.13. The van der Waals surface area contributed by atoms with Crippen LogP contribution in [0.4, 0.5) is 0 Å². The Morgan fingerprint density at radius 2 is 2.04 bits per heavy atom. The highest BCUT2D eigenvalue weighted by atomic mass is 16.5. The molecule has 0 radical (unpaired) electrons. The smallest absolute Gasteiger partial charge is 0.191 e. The van der Waals surface area contributed by atoms with E-state index < -0.39 is 0 Å². The molecular formula is C19H32N4O. The van der Waals surface area contributed by atoms with Crippen LogP contribution >= 0.6 is 0 Å². The molecule has 0 amide bonds. The molecule has 1 heterocycles. The molecular weight excluding hydrogens is 300 g/mol. The highest BCUT2D eigenvalue weighted by Gasteiger charge is 2.10. The summed E-state index contributed by atoms with van der Waals surface area (Å²) in [6, 6.07) is 8.06. The van der Waals surface area contributed by atoms with Crippen molar-refractivity contribution in [1.29, 1.82) is 0 Å². The summed E-state index contributed by atoms with van der Waals surface area (Å²) < 4.78 is 5.26. The van der Waals surface area contributed by atoms with E-state index in [0.29, 0.717) is 6.54 Å². The molecule has 5 nitrogen and oxygen atoms in total. The number of rotatable bonds is 9. The number of methoxy groups -OCH3 is 1. The molecule has 1 aromatic carbocycles. The van der Waals surface area contributed by atoms with Crippen LogP contribution in [0.3, 0.4) is 0 Å². The second-order valence-electron chi connectivity index (χ2n) is 6.23. The third kappa shape index (κ3) is 6.79. The normalized spacial score (nSPS) is 15.5. The molecule has 2 N–H and O–H groups in total. The standard InChI is InChI=1S/C19H32N4O/c1-3-20-19(21-11-4-5-12-23-13-6-7-14-23)22-16-17-9-8-10-18(15-17)24-2/h8-10,15H,3-7,11-14,16H2,1-2H3,(H2,20,21,22). The predicted molar refractivity (Wildman–Crippen MR) is 101 cm³/mol. The lowest BCUT2D eigenvalue weighted by atomic mass is 10.2.